The lowest BCUT2D eigenvalue weighted by molar-refractivity contribution is -0.385. The molecule has 0 heterocycles. The molecule has 0 N–H and O–H groups in total. The second kappa shape index (κ2) is 6.86. The largest absolute Gasteiger partial charge is 0.469 e. The number of carbonyl (C=O) groups is 1. The van der Waals surface area contributed by atoms with Gasteiger partial charge in [0.2, 0.25) is 0 Å². The van der Waals surface area contributed by atoms with E-state index in [-0.39, 0.29) is 22.7 Å². The maximum absolute atomic E-state index is 12.2. The van der Waals surface area contributed by atoms with Gasteiger partial charge in [-0.25, -0.2) is 8.42 Å². The van der Waals surface area contributed by atoms with Gasteiger partial charge >= 0.3 is 5.97 Å². The molecule has 1 atom stereocenters. The Kier molecular flexibility index (Phi) is 5.68. The molecule has 0 saturated heterocycles. The third-order valence-corrected chi connectivity index (χ3v) is 5.23. The average molecular weight is 336 g/mol. The summed E-state index contributed by atoms with van der Waals surface area (Å²) in [5.74, 6) is -1.23. The number of ether oxygens (including phenoxy) is 1. The van der Waals surface area contributed by atoms with Crippen LogP contribution in [0.1, 0.15) is 18.9 Å². The first-order chi connectivity index (χ1) is 9.67. The van der Waals surface area contributed by atoms with Gasteiger partial charge in [-0.1, -0.05) is 11.6 Å². The van der Waals surface area contributed by atoms with Gasteiger partial charge in [-0.3, -0.25) is 14.9 Å². The maximum atomic E-state index is 12.2. The topological polar surface area (TPSA) is 104 Å². The van der Waals surface area contributed by atoms with Gasteiger partial charge in [-0.2, -0.15) is 0 Å². The van der Waals surface area contributed by atoms with Crippen LogP contribution >= 0.6 is 11.6 Å². The average Bonchev–Trinajstić information content (AvgIpc) is 2.37. The third kappa shape index (κ3) is 4.68. The molecule has 1 aromatic carbocycles. The molecule has 116 valence electrons. The lowest BCUT2D eigenvalue weighted by atomic mass is 10.2. The zero-order chi connectivity index (χ0) is 16.2. The molecule has 0 aromatic heterocycles. The molecule has 0 bridgehead atoms. The van der Waals surface area contributed by atoms with Crippen molar-refractivity contribution >= 4 is 33.1 Å². The minimum absolute atomic E-state index is 0.00999. The molecule has 1 unspecified atom stereocenters. The zero-order valence-corrected chi connectivity index (χ0v) is 13.0. The highest BCUT2D eigenvalue weighted by Crippen LogP contribution is 2.26. The van der Waals surface area contributed by atoms with Gasteiger partial charge in [0.1, 0.15) is 0 Å². The highest BCUT2D eigenvalue weighted by Gasteiger charge is 2.27. The summed E-state index contributed by atoms with van der Waals surface area (Å²) >= 11 is 5.75. The van der Waals surface area contributed by atoms with Gasteiger partial charge in [0.15, 0.2) is 9.84 Å². The first kappa shape index (κ1) is 17.4. The maximum Gasteiger partial charge on any atom is 0.306 e. The molecule has 21 heavy (non-hydrogen) atoms. The Morgan fingerprint density at radius 2 is 2.10 bits per heavy atom. The summed E-state index contributed by atoms with van der Waals surface area (Å²) in [6, 6.07) is 3.70. The lowest BCUT2D eigenvalue weighted by Gasteiger charge is -2.12. The fourth-order valence-corrected chi connectivity index (χ4v) is 3.19. The summed E-state index contributed by atoms with van der Waals surface area (Å²) < 4.78 is 28.7. The summed E-state index contributed by atoms with van der Waals surface area (Å²) in [5, 5.41) is 10.1. The van der Waals surface area contributed by atoms with Crippen molar-refractivity contribution < 1.29 is 22.9 Å². The van der Waals surface area contributed by atoms with Crippen molar-refractivity contribution in [2.24, 2.45) is 0 Å². The number of carbonyl (C=O) groups excluding carboxylic acids is 1. The van der Waals surface area contributed by atoms with E-state index in [2.05, 4.69) is 4.74 Å². The molecule has 0 aliphatic rings. The summed E-state index contributed by atoms with van der Waals surface area (Å²) in [6.07, 6.45) is -0.312. The van der Waals surface area contributed by atoms with E-state index < -0.39 is 31.7 Å². The smallest absolute Gasteiger partial charge is 0.306 e. The number of esters is 1. The van der Waals surface area contributed by atoms with Crippen molar-refractivity contribution in [3.63, 3.8) is 0 Å². The van der Waals surface area contributed by atoms with Crippen LogP contribution in [0.2, 0.25) is 5.02 Å². The number of hydrogen-bond donors (Lipinski definition) is 0. The highest BCUT2D eigenvalue weighted by molar-refractivity contribution is 7.91. The molecule has 1 aromatic rings. The first-order valence-electron chi connectivity index (χ1n) is 5.88. The number of nitrogens with zero attached hydrogens (tertiary/aromatic N) is 1. The minimum Gasteiger partial charge on any atom is -0.469 e. The van der Waals surface area contributed by atoms with Crippen molar-refractivity contribution in [1.29, 1.82) is 0 Å². The monoisotopic (exact) mass is 335 g/mol. The van der Waals surface area contributed by atoms with Gasteiger partial charge in [-0.15, -0.1) is 0 Å². The SMILES string of the molecule is COC(=O)CC(C)S(=O)(=O)Cc1cc(Cl)ccc1[N+](=O)[O-]. The molecule has 1 rings (SSSR count). The van der Waals surface area contributed by atoms with E-state index in [4.69, 9.17) is 11.6 Å². The molecule has 0 aliphatic carbocycles. The van der Waals surface area contributed by atoms with Crippen molar-refractivity contribution in [3.8, 4) is 0 Å². The molecule has 0 aliphatic heterocycles. The molecular formula is C12H14ClNO6S. The normalized spacial score (nSPS) is 12.7. The molecular weight excluding hydrogens is 322 g/mol. The fraction of sp³-hybridized carbons (Fsp3) is 0.417. The van der Waals surface area contributed by atoms with Gasteiger partial charge in [0.05, 0.1) is 29.5 Å². The minimum atomic E-state index is -3.76. The zero-order valence-electron chi connectivity index (χ0n) is 11.4. The number of hydrogen-bond acceptors (Lipinski definition) is 6. The van der Waals surface area contributed by atoms with E-state index in [0.717, 1.165) is 13.2 Å². The number of benzene rings is 1. The Hall–Kier alpha value is -1.67. The Morgan fingerprint density at radius 1 is 1.48 bits per heavy atom. The van der Waals surface area contributed by atoms with Crippen LogP contribution in [0.5, 0.6) is 0 Å². The predicted octanol–water partition coefficient (Wildman–Crippen LogP) is 2.11. The summed E-state index contributed by atoms with van der Waals surface area (Å²) in [5.41, 5.74) is -0.336. The van der Waals surface area contributed by atoms with Crippen LogP contribution in [-0.2, 0) is 25.1 Å². The number of nitro benzene ring substituents is 1. The first-order valence-corrected chi connectivity index (χ1v) is 7.98. The van der Waals surface area contributed by atoms with E-state index in [0.29, 0.717) is 0 Å². The second-order valence-corrected chi connectivity index (χ2v) is 7.28. The van der Waals surface area contributed by atoms with Crippen molar-refractivity contribution in [1.82, 2.24) is 0 Å². The van der Waals surface area contributed by atoms with E-state index in [1.54, 1.807) is 0 Å². The van der Waals surface area contributed by atoms with Crippen molar-refractivity contribution in [2.75, 3.05) is 7.11 Å². The van der Waals surface area contributed by atoms with E-state index in [9.17, 15) is 23.3 Å². The predicted molar refractivity (Wildman–Crippen MR) is 76.8 cm³/mol. The number of rotatable bonds is 6. The molecule has 0 fully saturated rings. The number of halogens is 1. The Balaban J connectivity index is 3.06. The Labute approximate surface area is 126 Å². The van der Waals surface area contributed by atoms with Crippen molar-refractivity contribution in [3.05, 3.63) is 38.9 Å². The van der Waals surface area contributed by atoms with Crippen LogP contribution in [-0.4, -0.2) is 31.7 Å². The Bertz CT molecular complexity index is 658. The van der Waals surface area contributed by atoms with Crippen molar-refractivity contribution in [2.45, 2.75) is 24.3 Å². The quantitative estimate of drug-likeness (QED) is 0.448. The number of nitro groups is 1. The van der Waals surface area contributed by atoms with Gasteiger partial charge in [0, 0.05) is 16.7 Å². The summed E-state index contributed by atoms with van der Waals surface area (Å²) in [6.45, 7) is 1.35. The van der Waals surface area contributed by atoms with Crippen LogP contribution in [0.4, 0.5) is 5.69 Å². The summed E-state index contributed by atoms with van der Waals surface area (Å²) in [7, 11) is -2.60. The van der Waals surface area contributed by atoms with Crippen LogP contribution in [0.25, 0.3) is 0 Å². The van der Waals surface area contributed by atoms with Crippen LogP contribution in [0, 0.1) is 10.1 Å². The van der Waals surface area contributed by atoms with E-state index >= 15 is 0 Å². The third-order valence-electron chi connectivity index (χ3n) is 2.89. The molecule has 0 radical (unpaired) electrons. The van der Waals surface area contributed by atoms with Crippen LogP contribution in [0.3, 0.4) is 0 Å². The van der Waals surface area contributed by atoms with Gasteiger partial charge < -0.3 is 4.74 Å². The summed E-state index contributed by atoms with van der Waals surface area (Å²) in [4.78, 5) is 21.4. The Morgan fingerprint density at radius 3 is 2.62 bits per heavy atom. The van der Waals surface area contributed by atoms with Gasteiger partial charge in [-0.05, 0) is 19.1 Å². The highest BCUT2D eigenvalue weighted by atomic mass is 35.5. The second-order valence-electron chi connectivity index (χ2n) is 4.43. The molecule has 0 saturated carbocycles. The standard InChI is InChI=1S/C12H14ClNO6S/c1-8(5-12(15)20-2)21(18,19)7-9-6-10(13)3-4-11(9)14(16)17/h3-4,6,8H,5,7H2,1-2H3. The molecule has 7 nitrogen and oxygen atoms in total. The lowest BCUT2D eigenvalue weighted by Crippen LogP contribution is -2.23. The number of sulfone groups is 1. The van der Waals surface area contributed by atoms with Gasteiger partial charge in [0.25, 0.3) is 5.69 Å². The van der Waals surface area contributed by atoms with Crippen LogP contribution in [0.15, 0.2) is 18.2 Å². The molecule has 9 heteroatoms. The fourth-order valence-electron chi connectivity index (χ4n) is 1.65. The molecule has 0 spiro atoms. The van der Waals surface area contributed by atoms with E-state index in [1.807, 2.05) is 0 Å². The molecule has 0 amide bonds. The number of methoxy groups -OCH3 is 1. The van der Waals surface area contributed by atoms with E-state index in [1.165, 1.54) is 19.1 Å². The van der Waals surface area contributed by atoms with Crippen LogP contribution < -0.4 is 0 Å².